The Morgan fingerprint density at radius 2 is 1.94 bits per heavy atom. The van der Waals surface area contributed by atoms with Gasteiger partial charge in [-0.25, -0.2) is 4.98 Å². The molecule has 0 atom stereocenters. The molecule has 0 aliphatic rings. The van der Waals surface area contributed by atoms with Gasteiger partial charge in [0.2, 0.25) is 0 Å². The molecule has 18 heavy (non-hydrogen) atoms. The van der Waals surface area contributed by atoms with Crippen LogP contribution in [-0.4, -0.2) is 9.97 Å². The van der Waals surface area contributed by atoms with Crippen LogP contribution in [0.1, 0.15) is 5.56 Å². The van der Waals surface area contributed by atoms with Gasteiger partial charge in [0.1, 0.15) is 5.03 Å². The zero-order chi connectivity index (χ0) is 13.2. The maximum Gasteiger partial charge on any atom is 0.416 e. The Hall–Kier alpha value is -1.76. The molecule has 7 heteroatoms. The highest BCUT2D eigenvalue weighted by Crippen LogP contribution is 2.34. The number of alkyl halides is 3. The fourth-order valence-electron chi connectivity index (χ4n) is 1.24. The first-order valence-corrected chi connectivity index (χ1v) is 5.69. The lowest BCUT2D eigenvalue weighted by Gasteiger charge is -2.08. The Bertz CT molecular complexity index is 557. The molecule has 0 unspecified atom stereocenters. The normalized spacial score (nSPS) is 11.5. The minimum absolute atomic E-state index is 0.239. The number of rotatable bonds is 2. The van der Waals surface area contributed by atoms with Crippen molar-refractivity contribution in [2.24, 2.45) is 0 Å². The number of halogens is 3. The largest absolute Gasteiger partial charge is 0.416 e. The third kappa shape index (κ3) is 2.92. The summed E-state index contributed by atoms with van der Waals surface area (Å²) in [5.74, 6) is 0. The Balaban J connectivity index is 2.28. The van der Waals surface area contributed by atoms with Gasteiger partial charge < -0.3 is 5.73 Å². The van der Waals surface area contributed by atoms with E-state index in [1.165, 1.54) is 12.4 Å². The summed E-state index contributed by atoms with van der Waals surface area (Å²) in [7, 11) is 0. The molecule has 2 aromatic rings. The summed E-state index contributed by atoms with van der Waals surface area (Å²) in [5.41, 5.74) is 5.33. The number of nitrogen functional groups attached to an aromatic ring is 1. The van der Waals surface area contributed by atoms with Gasteiger partial charge in [-0.05, 0) is 18.2 Å². The van der Waals surface area contributed by atoms with Gasteiger partial charge in [-0.3, -0.25) is 4.98 Å². The highest BCUT2D eigenvalue weighted by Gasteiger charge is 2.30. The van der Waals surface area contributed by atoms with Crippen LogP contribution in [0.2, 0.25) is 0 Å². The van der Waals surface area contributed by atoms with Crippen molar-refractivity contribution >= 4 is 17.4 Å². The number of hydrogen-bond donors (Lipinski definition) is 1. The Morgan fingerprint density at radius 1 is 1.17 bits per heavy atom. The number of hydrogen-bond acceptors (Lipinski definition) is 4. The molecule has 0 spiro atoms. The molecule has 0 radical (unpaired) electrons. The molecule has 0 aromatic carbocycles. The quantitative estimate of drug-likeness (QED) is 0.911. The van der Waals surface area contributed by atoms with Crippen molar-refractivity contribution in [2.75, 3.05) is 5.73 Å². The van der Waals surface area contributed by atoms with Crippen LogP contribution in [0.15, 0.2) is 46.7 Å². The highest BCUT2D eigenvalue weighted by atomic mass is 32.2. The van der Waals surface area contributed by atoms with E-state index in [1.54, 1.807) is 6.07 Å². The van der Waals surface area contributed by atoms with Crippen LogP contribution in [0.5, 0.6) is 0 Å². The number of nitrogens with two attached hydrogens (primary N) is 1. The minimum atomic E-state index is -4.37. The molecule has 2 heterocycles. The Morgan fingerprint density at radius 3 is 2.61 bits per heavy atom. The van der Waals surface area contributed by atoms with Gasteiger partial charge in [0.25, 0.3) is 0 Å². The predicted octanol–water partition coefficient (Wildman–Crippen LogP) is 3.23. The van der Waals surface area contributed by atoms with E-state index >= 15 is 0 Å². The molecule has 0 aliphatic carbocycles. The van der Waals surface area contributed by atoms with E-state index in [4.69, 9.17) is 5.73 Å². The van der Waals surface area contributed by atoms with Crippen molar-refractivity contribution in [1.29, 1.82) is 0 Å². The first kappa shape index (κ1) is 12.7. The van der Waals surface area contributed by atoms with Gasteiger partial charge >= 0.3 is 6.18 Å². The Kier molecular flexibility index (Phi) is 3.42. The van der Waals surface area contributed by atoms with Crippen LogP contribution in [0.25, 0.3) is 0 Å². The molecule has 0 aliphatic heterocycles. The van der Waals surface area contributed by atoms with E-state index in [0.29, 0.717) is 10.6 Å². The number of nitrogens with zero attached hydrogens (tertiary/aromatic N) is 2. The van der Waals surface area contributed by atoms with Gasteiger partial charge in [0.05, 0.1) is 17.4 Å². The maximum atomic E-state index is 12.5. The molecule has 2 aromatic heterocycles. The molecule has 0 bridgehead atoms. The first-order chi connectivity index (χ1) is 8.47. The van der Waals surface area contributed by atoms with Crippen LogP contribution in [0.3, 0.4) is 0 Å². The van der Waals surface area contributed by atoms with E-state index in [1.807, 2.05) is 0 Å². The Labute approximate surface area is 105 Å². The van der Waals surface area contributed by atoms with Crippen LogP contribution < -0.4 is 5.73 Å². The molecule has 2 rings (SSSR count). The fourth-order valence-corrected chi connectivity index (χ4v) is 2.07. The van der Waals surface area contributed by atoms with E-state index in [-0.39, 0.29) is 5.03 Å². The van der Waals surface area contributed by atoms with E-state index in [0.717, 1.165) is 30.1 Å². The van der Waals surface area contributed by atoms with Gasteiger partial charge in [-0.1, -0.05) is 11.8 Å². The minimum Gasteiger partial charge on any atom is -0.397 e. The van der Waals surface area contributed by atoms with Crippen molar-refractivity contribution in [3.8, 4) is 0 Å². The molecular weight excluding hydrogens is 263 g/mol. The zero-order valence-electron chi connectivity index (χ0n) is 8.98. The molecule has 0 saturated heterocycles. The van der Waals surface area contributed by atoms with Crippen molar-refractivity contribution in [1.82, 2.24) is 9.97 Å². The van der Waals surface area contributed by atoms with Crippen LogP contribution in [-0.2, 0) is 6.18 Å². The average molecular weight is 271 g/mol. The van der Waals surface area contributed by atoms with E-state index in [2.05, 4.69) is 9.97 Å². The first-order valence-electron chi connectivity index (χ1n) is 4.87. The summed E-state index contributed by atoms with van der Waals surface area (Å²) in [6.07, 6.45) is -0.285. The maximum absolute atomic E-state index is 12.5. The second-order valence-electron chi connectivity index (χ2n) is 3.40. The summed E-state index contributed by atoms with van der Waals surface area (Å²) in [5, 5.41) is 0.239. The second-order valence-corrected chi connectivity index (χ2v) is 4.46. The molecule has 94 valence electrons. The third-order valence-corrected chi connectivity index (χ3v) is 3.11. The molecule has 0 saturated carbocycles. The lowest BCUT2D eigenvalue weighted by molar-refractivity contribution is -0.137. The van der Waals surface area contributed by atoms with E-state index < -0.39 is 11.7 Å². The number of pyridine rings is 2. The predicted molar refractivity (Wildman–Crippen MR) is 62.0 cm³/mol. The van der Waals surface area contributed by atoms with Crippen molar-refractivity contribution in [3.63, 3.8) is 0 Å². The van der Waals surface area contributed by atoms with Crippen molar-refractivity contribution in [2.45, 2.75) is 16.1 Å². The van der Waals surface area contributed by atoms with Crippen LogP contribution in [0, 0.1) is 0 Å². The highest BCUT2D eigenvalue weighted by molar-refractivity contribution is 7.99. The second kappa shape index (κ2) is 4.85. The van der Waals surface area contributed by atoms with Crippen LogP contribution in [0.4, 0.5) is 18.9 Å². The zero-order valence-corrected chi connectivity index (χ0v) is 9.79. The van der Waals surface area contributed by atoms with E-state index in [9.17, 15) is 13.2 Å². The standard InChI is InChI=1S/C11H8F3N3S/c12-11(13,14)7-1-4-17-10(5-7)18-9-2-3-16-6-8(9)15/h1-6H,15H2. The number of aromatic nitrogens is 2. The smallest absolute Gasteiger partial charge is 0.397 e. The monoisotopic (exact) mass is 271 g/mol. The topological polar surface area (TPSA) is 51.8 Å². The molecule has 3 nitrogen and oxygen atoms in total. The van der Waals surface area contributed by atoms with Crippen molar-refractivity contribution in [3.05, 3.63) is 42.4 Å². The molecular formula is C11H8F3N3S. The molecule has 2 N–H and O–H groups in total. The van der Waals surface area contributed by atoms with Gasteiger partial charge in [0.15, 0.2) is 0 Å². The molecule has 0 amide bonds. The summed E-state index contributed by atoms with van der Waals surface area (Å²) < 4.78 is 37.5. The summed E-state index contributed by atoms with van der Waals surface area (Å²) in [6, 6.07) is 3.55. The average Bonchev–Trinajstić information content (AvgIpc) is 2.31. The van der Waals surface area contributed by atoms with Gasteiger partial charge in [-0.15, -0.1) is 0 Å². The summed E-state index contributed by atoms with van der Waals surface area (Å²) >= 11 is 1.07. The van der Waals surface area contributed by atoms with Crippen LogP contribution >= 0.6 is 11.8 Å². The van der Waals surface area contributed by atoms with Gasteiger partial charge in [0, 0.05) is 17.3 Å². The third-order valence-electron chi connectivity index (χ3n) is 2.09. The molecule has 0 fully saturated rings. The number of anilines is 1. The van der Waals surface area contributed by atoms with Crippen molar-refractivity contribution < 1.29 is 13.2 Å². The fraction of sp³-hybridized carbons (Fsp3) is 0.0909. The summed E-state index contributed by atoms with van der Waals surface area (Å²) in [6.45, 7) is 0. The van der Waals surface area contributed by atoms with Gasteiger partial charge in [-0.2, -0.15) is 13.2 Å². The SMILES string of the molecule is Nc1cnccc1Sc1cc(C(F)(F)F)ccn1. The summed E-state index contributed by atoms with van der Waals surface area (Å²) in [4.78, 5) is 8.30. The lowest BCUT2D eigenvalue weighted by atomic mass is 10.3. The lowest BCUT2D eigenvalue weighted by Crippen LogP contribution is -2.05.